The van der Waals surface area contributed by atoms with Gasteiger partial charge in [0, 0.05) is 12.0 Å². The van der Waals surface area contributed by atoms with E-state index in [1.807, 2.05) is 6.92 Å². The Morgan fingerprint density at radius 1 is 1.14 bits per heavy atom. The molecule has 1 saturated carbocycles. The number of ether oxygens (including phenoxy) is 2. The van der Waals surface area contributed by atoms with E-state index in [0.717, 1.165) is 29.8 Å². The van der Waals surface area contributed by atoms with E-state index in [4.69, 9.17) is 9.47 Å². The molecule has 22 heavy (non-hydrogen) atoms. The van der Waals surface area contributed by atoms with E-state index in [-0.39, 0.29) is 0 Å². The van der Waals surface area contributed by atoms with Crippen LogP contribution in [0.3, 0.4) is 0 Å². The minimum Gasteiger partial charge on any atom is -0.496 e. The van der Waals surface area contributed by atoms with Crippen LogP contribution >= 0.6 is 0 Å². The first-order valence-electron chi connectivity index (χ1n) is 8.37. The van der Waals surface area contributed by atoms with Gasteiger partial charge in [0.1, 0.15) is 17.8 Å². The summed E-state index contributed by atoms with van der Waals surface area (Å²) in [7, 11) is 3.43. The zero-order chi connectivity index (χ0) is 15.9. The molecule has 2 rings (SSSR count). The Bertz CT molecular complexity index is 490. The topological polar surface area (TPSA) is 35.5 Å². The Labute approximate surface area is 134 Å². The number of rotatable bonds is 7. The number of carbonyl (C=O) groups excluding carboxylic acids is 1. The lowest BCUT2D eigenvalue weighted by Gasteiger charge is -2.31. The Balaban J connectivity index is 2.37. The number of benzene rings is 1. The van der Waals surface area contributed by atoms with E-state index >= 15 is 0 Å². The number of carbonyl (C=O) groups is 1. The number of aldehydes is 1. The Hall–Kier alpha value is -1.51. The second-order valence-corrected chi connectivity index (χ2v) is 6.31. The van der Waals surface area contributed by atoms with E-state index in [1.54, 1.807) is 14.2 Å². The van der Waals surface area contributed by atoms with Gasteiger partial charge in [-0.25, -0.2) is 0 Å². The normalized spacial score (nSPS) is 17.0. The minimum absolute atomic E-state index is 0.384. The summed E-state index contributed by atoms with van der Waals surface area (Å²) in [6, 6.07) is 4.18. The van der Waals surface area contributed by atoms with Crippen LogP contribution in [0.15, 0.2) is 12.1 Å². The number of hydrogen-bond donors (Lipinski definition) is 0. The molecule has 3 nitrogen and oxygen atoms in total. The second-order valence-electron chi connectivity index (χ2n) is 6.31. The number of aryl methyl sites for hydroxylation is 1. The lowest BCUT2D eigenvalue weighted by molar-refractivity contribution is -0.108. The zero-order valence-electron chi connectivity index (χ0n) is 14.1. The smallest absolute Gasteiger partial charge is 0.122 e. The molecule has 0 saturated heterocycles. The van der Waals surface area contributed by atoms with Crippen molar-refractivity contribution < 1.29 is 14.3 Å². The van der Waals surface area contributed by atoms with E-state index < -0.39 is 0 Å². The first kappa shape index (κ1) is 16.9. The van der Waals surface area contributed by atoms with Gasteiger partial charge in [0.25, 0.3) is 0 Å². The van der Waals surface area contributed by atoms with E-state index in [0.29, 0.717) is 18.3 Å². The van der Waals surface area contributed by atoms with Gasteiger partial charge in [-0.3, -0.25) is 0 Å². The van der Waals surface area contributed by atoms with Crippen molar-refractivity contribution in [2.45, 2.75) is 57.8 Å². The van der Waals surface area contributed by atoms with E-state index in [1.165, 1.54) is 37.7 Å². The summed E-state index contributed by atoms with van der Waals surface area (Å²) < 4.78 is 11.1. The first-order chi connectivity index (χ1) is 10.7. The molecule has 0 amide bonds. The minimum atomic E-state index is 0.384. The average Bonchev–Trinajstić information content (AvgIpc) is 2.56. The van der Waals surface area contributed by atoms with Gasteiger partial charge in [0.15, 0.2) is 0 Å². The van der Waals surface area contributed by atoms with Crippen molar-refractivity contribution >= 4 is 6.29 Å². The molecule has 1 aromatic rings. The fourth-order valence-corrected chi connectivity index (χ4v) is 3.79. The van der Waals surface area contributed by atoms with E-state index in [9.17, 15) is 4.79 Å². The van der Waals surface area contributed by atoms with Gasteiger partial charge in [-0.1, -0.05) is 19.3 Å². The van der Waals surface area contributed by atoms with Crippen molar-refractivity contribution in [2.24, 2.45) is 5.92 Å². The highest BCUT2D eigenvalue weighted by Crippen LogP contribution is 2.43. The Morgan fingerprint density at radius 2 is 1.82 bits per heavy atom. The molecule has 0 heterocycles. The summed E-state index contributed by atoms with van der Waals surface area (Å²) in [5.74, 6) is 2.87. The fourth-order valence-electron chi connectivity index (χ4n) is 3.79. The maximum atomic E-state index is 10.9. The molecule has 0 aromatic heterocycles. The van der Waals surface area contributed by atoms with Gasteiger partial charge in [0.2, 0.25) is 0 Å². The maximum absolute atomic E-state index is 10.9. The molecular weight excluding hydrogens is 276 g/mol. The van der Waals surface area contributed by atoms with Gasteiger partial charge in [-0.2, -0.15) is 0 Å². The van der Waals surface area contributed by atoms with Crippen LogP contribution in [0.4, 0.5) is 0 Å². The van der Waals surface area contributed by atoms with Crippen LogP contribution in [0.2, 0.25) is 0 Å². The molecule has 1 fully saturated rings. The third kappa shape index (κ3) is 3.82. The van der Waals surface area contributed by atoms with Gasteiger partial charge >= 0.3 is 0 Å². The molecule has 3 heteroatoms. The monoisotopic (exact) mass is 304 g/mol. The molecule has 0 aliphatic heterocycles. The molecule has 122 valence electrons. The highest BCUT2D eigenvalue weighted by atomic mass is 16.5. The standard InChI is InChI=1S/C19H28O3/c1-14-12-19(22-3)17(13-18(14)21-2)16(10-7-11-20)15-8-5-4-6-9-15/h11-13,15-16H,4-10H2,1-3H3. The van der Waals surface area contributed by atoms with Crippen molar-refractivity contribution in [1.29, 1.82) is 0 Å². The molecule has 1 aliphatic carbocycles. The van der Waals surface area contributed by atoms with Crippen molar-refractivity contribution in [3.63, 3.8) is 0 Å². The SMILES string of the molecule is COc1cc(C(CCC=O)C2CCCCC2)c(OC)cc1C. The summed E-state index contributed by atoms with van der Waals surface area (Å²) in [6.07, 6.45) is 8.99. The van der Waals surface area contributed by atoms with Gasteiger partial charge in [-0.05, 0) is 55.7 Å². The summed E-state index contributed by atoms with van der Waals surface area (Å²) in [5.41, 5.74) is 2.29. The van der Waals surface area contributed by atoms with Crippen molar-refractivity contribution in [1.82, 2.24) is 0 Å². The summed E-state index contributed by atoms with van der Waals surface area (Å²) >= 11 is 0. The fraction of sp³-hybridized carbons (Fsp3) is 0.632. The van der Waals surface area contributed by atoms with Crippen LogP contribution in [0.1, 0.15) is 62.0 Å². The maximum Gasteiger partial charge on any atom is 0.122 e. The molecular formula is C19H28O3. The molecule has 0 N–H and O–H groups in total. The Morgan fingerprint density at radius 3 is 2.41 bits per heavy atom. The lowest BCUT2D eigenvalue weighted by Crippen LogP contribution is -2.17. The van der Waals surface area contributed by atoms with Crippen LogP contribution in [0.25, 0.3) is 0 Å². The average molecular weight is 304 g/mol. The van der Waals surface area contributed by atoms with Crippen molar-refractivity contribution in [3.05, 3.63) is 23.3 Å². The molecule has 1 aliphatic rings. The van der Waals surface area contributed by atoms with E-state index in [2.05, 4.69) is 12.1 Å². The third-order valence-electron chi connectivity index (χ3n) is 4.96. The lowest BCUT2D eigenvalue weighted by atomic mass is 9.74. The van der Waals surface area contributed by atoms with Crippen LogP contribution in [-0.4, -0.2) is 20.5 Å². The van der Waals surface area contributed by atoms with Crippen LogP contribution < -0.4 is 9.47 Å². The predicted octanol–water partition coefficient (Wildman–Crippen LogP) is 4.66. The molecule has 1 atom stereocenters. The summed E-state index contributed by atoms with van der Waals surface area (Å²) in [6.45, 7) is 2.03. The van der Waals surface area contributed by atoms with Crippen LogP contribution in [0, 0.1) is 12.8 Å². The van der Waals surface area contributed by atoms with Gasteiger partial charge in [0.05, 0.1) is 14.2 Å². The molecule has 0 bridgehead atoms. The summed E-state index contributed by atoms with van der Waals surface area (Å²) in [5, 5.41) is 0. The quantitative estimate of drug-likeness (QED) is 0.688. The second kappa shape index (κ2) is 8.21. The highest BCUT2D eigenvalue weighted by Gasteiger charge is 2.27. The van der Waals surface area contributed by atoms with Crippen molar-refractivity contribution in [2.75, 3.05) is 14.2 Å². The third-order valence-corrected chi connectivity index (χ3v) is 4.96. The number of hydrogen-bond acceptors (Lipinski definition) is 3. The molecule has 1 unspecified atom stereocenters. The first-order valence-corrected chi connectivity index (χ1v) is 8.37. The van der Waals surface area contributed by atoms with Crippen LogP contribution in [-0.2, 0) is 4.79 Å². The zero-order valence-corrected chi connectivity index (χ0v) is 14.1. The largest absolute Gasteiger partial charge is 0.496 e. The van der Waals surface area contributed by atoms with Crippen LogP contribution in [0.5, 0.6) is 11.5 Å². The highest BCUT2D eigenvalue weighted by molar-refractivity contribution is 5.51. The Kier molecular flexibility index (Phi) is 6.29. The van der Waals surface area contributed by atoms with Gasteiger partial charge in [-0.15, -0.1) is 0 Å². The molecule has 1 aromatic carbocycles. The molecule has 0 radical (unpaired) electrons. The molecule has 0 spiro atoms. The number of methoxy groups -OCH3 is 2. The predicted molar refractivity (Wildman–Crippen MR) is 88.9 cm³/mol. The summed E-state index contributed by atoms with van der Waals surface area (Å²) in [4.78, 5) is 10.9. The van der Waals surface area contributed by atoms with Crippen molar-refractivity contribution in [3.8, 4) is 11.5 Å². The van der Waals surface area contributed by atoms with Gasteiger partial charge < -0.3 is 14.3 Å².